The molecule has 1 amide bonds. The number of carbonyl (C=O) groups excluding carboxylic acids is 1. The van der Waals surface area contributed by atoms with Gasteiger partial charge in [-0.15, -0.1) is 0 Å². The fourth-order valence-electron chi connectivity index (χ4n) is 2.38. The number of carbonyl (C=O) groups is 1. The zero-order valence-electron chi connectivity index (χ0n) is 13.2. The van der Waals surface area contributed by atoms with Crippen LogP contribution in [0.25, 0.3) is 0 Å². The van der Waals surface area contributed by atoms with Crippen LogP contribution in [0.1, 0.15) is 21.5 Å². The molecule has 1 heterocycles. The summed E-state index contributed by atoms with van der Waals surface area (Å²) in [6.45, 7) is 4.96. The molecule has 120 valence electrons. The molecule has 2 aromatic rings. The minimum absolute atomic E-state index is 0.0829. The van der Waals surface area contributed by atoms with Gasteiger partial charge in [0.1, 0.15) is 12.4 Å². The average molecular weight is 313 g/mol. The molecular formula is C18H19NO4. The number of amides is 1. The quantitative estimate of drug-likeness (QED) is 0.862. The first-order chi connectivity index (χ1) is 11.1. The Labute approximate surface area is 135 Å². The van der Waals surface area contributed by atoms with Crippen LogP contribution in [0.4, 0.5) is 0 Å². The van der Waals surface area contributed by atoms with Gasteiger partial charge in [0.05, 0.1) is 6.54 Å². The summed E-state index contributed by atoms with van der Waals surface area (Å²) in [5, 5.41) is 2.87. The van der Waals surface area contributed by atoms with E-state index in [-0.39, 0.29) is 12.7 Å². The Morgan fingerprint density at radius 3 is 2.83 bits per heavy atom. The molecule has 5 heteroatoms. The lowest BCUT2D eigenvalue weighted by Crippen LogP contribution is -2.28. The van der Waals surface area contributed by atoms with E-state index < -0.39 is 0 Å². The lowest BCUT2D eigenvalue weighted by molar-refractivity contribution is 0.0946. The largest absolute Gasteiger partial charge is 0.492 e. The first kappa shape index (κ1) is 15.2. The van der Waals surface area contributed by atoms with Gasteiger partial charge >= 0.3 is 0 Å². The van der Waals surface area contributed by atoms with Crippen LogP contribution in [0.15, 0.2) is 36.4 Å². The molecule has 0 unspecified atom stereocenters. The number of ether oxygens (including phenoxy) is 3. The molecular weight excluding hydrogens is 294 g/mol. The Kier molecular flexibility index (Phi) is 4.37. The van der Waals surface area contributed by atoms with Crippen LogP contribution >= 0.6 is 0 Å². The molecule has 2 aromatic carbocycles. The van der Waals surface area contributed by atoms with Crippen molar-refractivity contribution in [3.63, 3.8) is 0 Å². The minimum Gasteiger partial charge on any atom is -0.492 e. The van der Waals surface area contributed by atoms with Crippen LogP contribution in [0.2, 0.25) is 0 Å². The van der Waals surface area contributed by atoms with E-state index in [1.165, 1.54) is 0 Å². The van der Waals surface area contributed by atoms with E-state index in [0.717, 1.165) is 16.9 Å². The zero-order chi connectivity index (χ0) is 16.2. The maximum atomic E-state index is 12.2. The predicted octanol–water partition coefficient (Wildman–Crippen LogP) is 2.84. The predicted molar refractivity (Wildman–Crippen MR) is 86.3 cm³/mol. The van der Waals surface area contributed by atoms with E-state index in [2.05, 4.69) is 5.32 Å². The van der Waals surface area contributed by atoms with Crippen LogP contribution in [0.3, 0.4) is 0 Å². The van der Waals surface area contributed by atoms with Gasteiger partial charge < -0.3 is 19.5 Å². The van der Waals surface area contributed by atoms with Gasteiger partial charge in [-0.2, -0.15) is 0 Å². The molecule has 1 aliphatic rings. The molecule has 0 fully saturated rings. The number of hydrogen-bond acceptors (Lipinski definition) is 4. The maximum absolute atomic E-state index is 12.2. The van der Waals surface area contributed by atoms with Crippen LogP contribution in [0, 0.1) is 13.8 Å². The van der Waals surface area contributed by atoms with Crippen molar-refractivity contribution in [3.8, 4) is 17.2 Å². The number of fused-ring (bicyclic) bond motifs is 1. The Morgan fingerprint density at radius 1 is 1.13 bits per heavy atom. The molecule has 3 rings (SSSR count). The number of rotatable bonds is 5. The Hall–Kier alpha value is -2.69. The second-order valence-corrected chi connectivity index (χ2v) is 5.44. The van der Waals surface area contributed by atoms with E-state index in [4.69, 9.17) is 14.2 Å². The second kappa shape index (κ2) is 6.60. The van der Waals surface area contributed by atoms with E-state index in [1.54, 1.807) is 6.07 Å². The van der Waals surface area contributed by atoms with Crippen LogP contribution < -0.4 is 19.5 Å². The summed E-state index contributed by atoms with van der Waals surface area (Å²) < 4.78 is 16.2. The van der Waals surface area contributed by atoms with Crippen LogP contribution in [0.5, 0.6) is 17.2 Å². The van der Waals surface area contributed by atoms with Crippen molar-refractivity contribution in [2.75, 3.05) is 19.9 Å². The van der Waals surface area contributed by atoms with E-state index >= 15 is 0 Å². The number of benzene rings is 2. The molecule has 23 heavy (non-hydrogen) atoms. The van der Waals surface area contributed by atoms with Gasteiger partial charge in [0.2, 0.25) is 6.79 Å². The highest BCUT2D eigenvalue weighted by atomic mass is 16.7. The normalized spacial score (nSPS) is 12.1. The van der Waals surface area contributed by atoms with Gasteiger partial charge in [-0.25, -0.2) is 0 Å². The number of aryl methyl sites for hydroxylation is 2. The van der Waals surface area contributed by atoms with Crippen molar-refractivity contribution < 1.29 is 19.0 Å². The fraction of sp³-hybridized carbons (Fsp3) is 0.278. The molecule has 5 nitrogen and oxygen atoms in total. The lowest BCUT2D eigenvalue weighted by Gasteiger charge is -2.10. The van der Waals surface area contributed by atoms with Crippen molar-refractivity contribution in [1.29, 1.82) is 0 Å². The average Bonchev–Trinajstić information content (AvgIpc) is 3.01. The lowest BCUT2D eigenvalue weighted by atomic mass is 10.1. The zero-order valence-corrected chi connectivity index (χ0v) is 13.2. The molecule has 0 saturated carbocycles. The van der Waals surface area contributed by atoms with Crippen molar-refractivity contribution in [2.24, 2.45) is 0 Å². The van der Waals surface area contributed by atoms with Gasteiger partial charge in [-0.1, -0.05) is 17.7 Å². The smallest absolute Gasteiger partial charge is 0.251 e. The fourth-order valence-corrected chi connectivity index (χ4v) is 2.38. The molecule has 0 bridgehead atoms. The Bertz CT molecular complexity index is 727. The van der Waals surface area contributed by atoms with Crippen LogP contribution in [-0.4, -0.2) is 25.9 Å². The van der Waals surface area contributed by atoms with E-state index in [0.29, 0.717) is 30.2 Å². The number of hydrogen-bond donors (Lipinski definition) is 1. The van der Waals surface area contributed by atoms with Crippen molar-refractivity contribution in [1.82, 2.24) is 5.32 Å². The topological polar surface area (TPSA) is 56.8 Å². The highest BCUT2D eigenvalue weighted by Crippen LogP contribution is 2.34. The Balaban J connectivity index is 1.50. The number of nitrogens with one attached hydrogen (secondary N) is 1. The van der Waals surface area contributed by atoms with Gasteiger partial charge in [0, 0.05) is 11.6 Å². The third kappa shape index (κ3) is 3.56. The van der Waals surface area contributed by atoms with Gasteiger partial charge in [0.15, 0.2) is 11.5 Å². The monoisotopic (exact) mass is 313 g/mol. The molecule has 0 atom stereocenters. The van der Waals surface area contributed by atoms with E-state index in [1.807, 2.05) is 44.2 Å². The summed E-state index contributed by atoms with van der Waals surface area (Å²) in [6, 6.07) is 11.3. The Morgan fingerprint density at radius 2 is 1.96 bits per heavy atom. The molecule has 1 N–H and O–H groups in total. The molecule has 0 saturated heterocycles. The SMILES string of the molecule is Cc1ccc(C)c(C(=O)NCCOc2ccc3c(c2)OCO3)c1. The standard InChI is InChI=1S/C18H19NO4/c1-12-3-4-13(2)15(9-12)18(20)19-7-8-21-14-5-6-16-17(10-14)23-11-22-16/h3-6,9-10H,7-8,11H2,1-2H3,(H,19,20). The minimum atomic E-state index is -0.0829. The van der Waals surface area contributed by atoms with Crippen molar-refractivity contribution >= 4 is 5.91 Å². The molecule has 0 spiro atoms. The van der Waals surface area contributed by atoms with Gasteiger partial charge in [0.25, 0.3) is 5.91 Å². The summed E-state index contributed by atoms with van der Waals surface area (Å²) in [4.78, 5) is 12.2. The molecule has 0 radical (unpaired) electrons. The summed E-state index contributed by atoms with van der Waals surface area (Å²) in [5.41, 5.74) is 2.73. The molecule has 0 aliphatic carbocycles. The van der Waals surface area contributed by atoms with Gasteiger partial charge in [-0.05, 0) is 37.6 Å². The van der Waals surface area contributed by atoms with E-state index in [9.17, 15) is 4.79 Å². The van der Waals surface area contributed by atoms with Crippen molar-refractivity contribution in [2.45, 2.75) is 13.8 Å². The van der Waals surface area contributed by atoms with Crippen LogP contribution in [-0.2, 0) is 0 Å². The highest BCUT2D eigenvalue weighted by molar-refractivity contribution is 5.95. The summed E-state index contributed by atoms with van der Waals surface area (Å²) >= 11 is 0. The summed E-state index contributed by atoms with van der Waals surface area (Å²) in [7, 11) is 0. The van der Waals surface area contributed by atoms with Crippen molar-refractivity contribution in [3.05, 3.63) is 53.1 Å². The maximum Gasteiger partial charge on any atom is 0.251 e. The first-order valence-corrected chi connectivity index (χ1v) is 7.51. The van der Waals surface area contributed by atoms with Gasteiger partial charge in [-0.3, -0.25) is 4.79 Å². The third-order valence-corrected chi connectivity index (χ3v) is 3.64. The second-order valence-electron chi connectivity index (χ2n) is 5.44. The molecule has 1 aliphatic heterocycles. The molecule has 0 aromatic heterocycles. The third-order valence-electron chi connectivity index (χ3n) is 3.64. The summed E-state index contributed by atoms with van der Waals surface area (Å²) in [5.74, 6) is 2.01. The highest BCUT2D eigenvalue weighted by Gasteiger charge is 2.13. The summed E-state index contributed by atoms with van der Waals surface area (Å²) in [6.07, 6.45) is 0. The first-order valence-electron chi connectivity index (χ1n) is 7.51.